The maximum atomic E-state index is 11.9. The Bertz CT molecular complexity index is 350. The number of rotatable bonds is 3. The predicted molar refractivity (Wildman–Crippen MR) is 65.7 cm³/mol. The SMILES string of the molecule is CCC1(CC=C(C)C)C(=O)NC(=S)NC1=O. The fraction of sp³-hybridized carbons (Fsp3) is 0.545. The van der Waals surface area contributed by atoms with E-state index in [0.29, 0.717) is 12.8 Å². The van der Waals surface area contributed by atoms with Crippen LogP contribution in [0.15, 0.2) is 11.6 Å². The van der Waals surface area contributed by atoms with Crippen LogP contribution in [-0.2, 0) is 9.59 Å². The van der Waals surface area contributed by atoms with Gasteiger partial charge in [-0.2, -0.15) is 0 Å². The number of nitrogens with one attached hydrogen (secondary N) is 2. The van der Waals surface area contributed by atoms with E-state index in [1.165, 1.54) is 0 Å². The van der Waals surface area contributed by atoms with Crippen LogP contribution in [0.5, 0.6) is 0 Å². The number of thiocarbonyl (C=S) groups is 1. The number of amides is 2. The molecule has 0 bridgehead atoms. The number of hydrogen-bond acceptors (Lipinski definition) is 3. The summed E-state index contributed by atoms with van der Waals surface area (Å²) in [5.41, 5.74) is 0.0705. The van der Waals surface area contributed by atoms with Gasteiger partial charge in [-0.25, -0.2) is 0 Å². The van der Waals surface area contributed by atoms with Crippen molar-refractivity contribution in [3.8, 4) is 0 Å². The Kier molecular flexibility index (Phi) is 3.80. The number of hydrogen-bond donors (Lipinski definition) is 2. The molecule has 0 aromatic carbocycles. The molecule has 1 saturated heterocycles. The highest BCUT2D eigenvalue weighted by Crippen LogP contribution is 2.30. The minimum Gasteiger partial charge on any atom is -0.302 e. The summed E-state index contributed by atoms with van der Waals surface area (Å²) in [6.07, 6.45) is 2.76. The van der Waals surface area contributed by atoms with Gasteiger partial charge in [0.1, 0.15) is 5.41 Å². The first-order valence-corrected chi connectivity index (χ1v) is 5.63. The van der Waals surface area contributed by atoms with Gasteiger partial charge >= 0.3 is 0 Å². The van der Waals surface area contributed by atoms with E-state index >= 15 is 0 Å². The highest BCUT2D eigenvalue weighted by atomic mass is 32.1. The lowest BCUT2D eigenvalue weighted by molar-refractivity contribution is -0.143. The van der Waals surface area contributed by atoms with Crippen molar-refractivity contribution < 1.29 is 9.59 Å². The van der Waals surface area contributed by atoms with E-state index in [-0.39, 0.29) is 16.9 Å². The quantitative estimate of drug-likeness (QED) is 0.444. The largest absolute Gasteiger partial charge is 0.302 e. The maximum absolute atomic E-state index is 11.9. The fourth-order valence-electron chi connectivity index (χ4n) is 1.61. The van der Waals surface area contributed by atoms with Gasteiger partial charge in [0.05, 0.1) is 0 Å². The Morgan fingerprint density at radius 3 is 2.19 bits per heavy atom. The average Bonchev–Trinajstić information content (AvgIpc) is 2.17. The van der Waals surface area contributed by atoms with Crippen LogP contribution in [0.3, 0.4) is 0 Å². The van der Waals surface area contributed by atoms with E-state index in [1.807, 2.05) is 26.8 Å². The van der Waals surface area contributed by atoms with Crippen molar-refractivity contribution in [3.63, 3.8) is 0 Å². The van der Waals surface area contributed by atoms with Crippen LogP contribution in [0.25, 0.3) is 0 Å². The van der Waals surface area contributed by atoms with Crippen molar-refractivity contribution in [2.24, 2.45) is 5.41 Å². The molecule has 4 nitrogen and oxygen atoms in total. The average molecular weight is 240 g/mol. The molecule has 0 aromatic rings. The lowest BCUT2D eigenvalue weighted by atomic mass is 9.78. The molecule has 0 aliphatic carbocycles. The van der Waals surface area contributed by atoms with Crippen LogP contribution in [0, 0.1) is 5.41 Å². The topological polar surface area (TPSA) is 58.2 Å². The Hall–Kier alpha value is -1.23. The van der Waals surface area contributed by atoms with Gasteiger partial charge in [0.25, 0.3) is 0 Å². The summed E-state index contributed by atoms with van der Waals surface area (Å²) in [5.74, 6) is -0.609. The second-order valence-corrected chi connectivity index (χ2v) is 4.57. The van der Waals surface area contributed by atoms with E-state index in [9.17, 15) is 9.59 Å². The van der Waals surface area contributed by atoms with Gasteiger partial charge in [0.2, 0.25) is 11.8 Å². The monoisotopic (exact) mass is 240 g/mol. The Balaban J connectivity index is 3.01. The van der Waals surface area contributed by atoms with Crippen molar-refractivity contribution in [2.75, 3.05) is 0 Å². The molecule has 1 aliphatic rings. The normalized spacial score (nSPS) is 18.8. The summed E-state index contributed by atoms with van der Waals surface area (Å²) < 4.78 is 0. The van der Waals surface area contributed by atoms with Gasteiger partial charge in [0, 0.05) is 0 Å². The second kappa shape index (κ2) is 4.74. The van der Waals surface area contributed by atoms with Crippen LogP contribution in [-0.4, -0.2) is 16.9 Å². The Morgan fingerprint density at radius 1 is 1.31 bits per heavy atom. The smallest absolute Gasteiger partial charge is 0.242 e. The second-order valence-electron chi connectivity index (χ2n) is 4.16. The summed E-state index contributed by atoms with van der Waals surface area (Å²) in [5, 5.41) is 5.11. The Labute approximate surface area is 100 Å². The highest BCUT2D eigenvalue weighted by molar-refractivity contribution is 7.80. The predicted octanol–water partition coefficient (Wildman–Crippen LogP) is 1.27. The number of allylic oxidation sites excluding steroid dienone is 2. The minimum absolute atomic E-state index is 0.0938. The highest BCUT2D eigenvalue weighted by Gasteiger charge is 2.46. The third-order valence-electron chi connectivity index (χ3n) is 2.79. The summed E-state index contributed by atoms with van der Waals surface area (Å²) >= 11 is 4.77. The lowest BCUT2D eigenvalue weighted by Gasteiger charge is -2.33. The molecule has 1 rings (SSSR count). The zero-order valence-electron chi connectivity index (χ0n) is 9.72. The van der Waals surface area contributed by atoms with Gasteiger partial charge in [0.15, 0.2) is 5.11 Å². The maximum Gasteiger partial charge on any atom is 0.242 e. The van der Waals surface area contributed by atoms with Crippen LogP contribution >= 0.6 is 12.2 Å². The molecule has 0 aromatic heterocycles. The van der Waals surface area contributed by atoms with Crippen molar-refractivity contribution in [1.29, 1.82) is 0 Å². The third kappa shape index (κ3) is 2.29. The molecule has 5 heteroatoms. The zero-order chi connectivity index (χ0) is 12.3. The van der Waals surface area contributed by atoms with Crippen molar-refractivity contribution in [1.82, 2.24) is 10.6 Å². The van der Waals surface area contributed by atoms with E-state index in [1.54, 1.807) is 0 Å². The van der Waals surface area contributed by atoms with Gasteiger partial charge < -0.3 is 10.6 Å². The molecule has 2 amide bonds. The number of carbonyl (C=O) groups excluding carboxylic acids is 2. The summed E-state index contributed by atoms with van der Waals surface area (Å²) in [7, 11) is 0. The van der Waals surface area contributed by atoms with Crippen molar-refractivity contribution >= 4 is 29.1 Å². The Morgan fingerprint density at radius 2 is 1.81 bits per heavy atom. The van der Waals surface area contributed by atoms with E-state index in [2.05, 4.69) is 10.6 Å². The van der Waals surface area contributed by atoms with E-state index < -0.39 is 5.41 Å². The van der Waals surface area contributed by atoms with Crippen LogP contribution < -0.4 is 10.6 Å². The fourth-order valence-corrected chi connectivity index (χ4v) is 1.79. The molecule has 0 unspecified atom stereocenters. The summed E-state index contributed by atoms with van der Waals surface area (Å²) in [4.78, 5) is 23.8. The first-order chi connectivity index (χ1) is 7.42. The standard InChI is InChI=1S/C11H16N2O2S/c1-4-11(6-5-7(2)3)8(14)12-10(16)13-9(11)15/h5H,4,6H2,1-3H3,(H2,12,13,14,15,16). The summed E-state index contributed by atoms with van der Waals surface area (Å²) in [6, 6.07) is 0. The molecule has 0 spiro atoms. The molecule has 1 heterocycles. The third-order valence-corrected chi connectivity index (χ3v) is 2.99. The molecule has 88 valence electrons. The summed E-state index contributed by atoms with van der Waals surface area (Å²) in [6.45, 7) is 5.70. The van der Waals surface area contributed by atoms with Gasteiger partial charge in [-0.05, 0) is 38.9 Å². The van der Waals surface area contributed by atoms with Crippen LogP contribution in [0.2, 0.25) is 0 Å². The van der Waals surface area contributed by atoms with E-state index in [4.69, 9.17) is 12.2 Å². The zero-order valence-corrected chi connectivity index (χ0v) is 10.5. The molecule has 16 heavy (non-hydrogen) atoms. The molecule has 1 fully saturated rings. The molecular weight excluding hydrogens is 224 g/mol. The lowest BCUT2D eigenvalue weighted by Crippen LogP contribution is -2.61. The van der Waals surface area contributed by atoms with Crippen LogP contribution in [0.1, 0.15) is 33.6 Å². The van der Waals surface area contributed by atoms with Gasteiger partial charge in [-0.15, -0.1) is 0 Å². The number of carbonyl (C=O) groups is 2. The van der Waals surface area contributed by atoms with Crippen molar-refractivity contribution in [2.45, 2.75) is 33.6 Å². The molecule has 2 N–H and O–H groups in total. The first-order valence-electron chi connectivity index (χ1n) is 5.22. The van der Waals surface area contributed by atoms with Crippen LogP contribution in [0.4, 0.5) is 0 Å². The minimum atomic E-state index is -1.01. The van der Waals surface area contributed by atoms with Gasteiger partial charge in [-0.1, -0.05) is 18.6 Å². The molecule has 0 radical (unpaired) electrons. The van der Waals surface area contributed by atoms with Crippen molar-refractivity contribution in [3.05, 3.63) is 11.6 Å². The molecule has 0 saturated carbocycles. The molecular formula is C11H16N2O2S. The molecule has 1 aliphatic heterocycles. The first kappa shape index (κ1) is 12.8. The van der Waals surface area contributed by atoms with E-state index in [0.717, 1.165) is 5.57 Å². The van der Waals surface area contributed by atoms with Gasteiger partial charge in [-0.3, -0.25) is 9.59 Å². The molecule has 0 atom stereocenters.